The summed E-state index contributed by atoms with van der Waals surface area (Å²) >= 11 is 0. The number of allylic oxidation sites excluding steroid dienone is 1. The minimum absolute atomic E-state index is 0.389. The van der Waals surface area contributed by atoms with Gasteiger partial charge in [-0.3, -0.25) is 4.79 Å². The largest absolute Gasteiger partial charge is 0.495 e. The van der Waals surface area contributed by atoms with Crippen LogP contribution in [0.25, 0.3) is 12.2 Å². The van der Waals surface area contributed by atoms with Crippen LogP contribution in [-0.2, 0) is 14.6 Å². The van der Waals surface area contributed by atoms with Crippen molar-refractivity contribution in [1.82, 2.24) is 0 Å². The summed E-state index contributed by atoms with van der Waals surface area (Å²) in [6.07, 6.45) is 4.09. The Morgan fingerprint density at radius 1 is 0.929 bits per heavy atom. The zero-order valence-electron chi connectivity index (χ0n) is 15.6. The van der Waals surface area contributed by atoms with E-state index in [0.717, 1.165) is 5.41 Å². The Bertz CT molecular complexity index is 1030. The van der Waals surface area contributed by atoms with Crippen molar-refractivity contribution < 1.29 is 22.7 Å². The van der Waals surface area contributed by atoms with Crippen molar-refractivity contribution >= 4 is 39.1 Å². The second-order valence-electron chi connectivity index (χ2n) is 5.91. The molecule has 8 heteroatoms. The van der Waals surface area contributed by atoms with E-state index >= 15 is 0 Å². The van der Waals surface area contributed by atoms with Crippen molar-refractivity contribution in [2.75, 3.05) is 31.4 Å². The molecule has 0 saturated heterocycles. The zero-order chi connectivity index (χ0) is 20.7. The molecular formula is C20H22N2O5S. The Balaban J connectivity index is 2.03. The summed E-state index contributed by atoms with van der Waals surface area (Å²) in [5.74, 6) is -0.166. The number of nitrogens with two attached hydrogens (primary N) is 2. The summed E-state index contributed by atoms with van der Waals surface area (Å²) in [6.45, 7) is 0. The van der Waals surface area contributed by atoms with Crippen molar-refractivity contribution in [2.24, 2.45) is 0 Å². The van der Waals surface area contributed by atoms with Gasteiger partial charge in [0.2, 0.25) is 0 Å². The van der Waals surface area contributed by atoms with Crippen molar-refractivity contribution in [3.05, 3.63) is 59.0 Å². The Hall–Kier alpha value is -3.26. The number of benzene rings is 2. The lowest BCUT2D eigenvalue weighted by atomic mass is 10.1. The number of rotatable bonds is 8. The highest BCUT2D eigenvalue weighted by Crippen LogP contribution is 2.23. The topological polar surface area (TPSA) is 122 Å². The molecule has 0 unspecified atom stereocenters. The molecule has 28 heavy (non-hydrogen) atoms. The van der Waals surface area contributed by atoms with Crippen LogP contribution in [0.5, 0.6) is 11.5 Å². The van der Waals surface area contributed by atoms with E-state index in [1.165, 1.54) is 32.4 Å². The monoisotopic (exact) mass is 402 g/mol. The number of carbonyl (C=O) groups is 1. The predicted octanol–water partition coefficient (Wildman–Crippen LogP) is 2.54. The quantitative estimate of drug-likeness (QED) is 0.514. The molecule has 0 bridgehead atoms. The van der Waals surface area contributed by atoms with Gasteiger partial charge in [0.15, 0.2) is 15.6 Å². The fraction of sp³-hybridized carbons (Fsp3) is 0.150. The third-order valence-electron chi connectivity index (χ3n) is 3.78. The Morgan fingerprint density at radius 3 is 1.89 bits per heavy atom. The molecule has 0 spiro atoms. The van der Waals surface area contributed by atoms with Crippen molar-refractivity contribution in [3.8, 4) is 11.5 Å². The Labute approximate surface area is 164 Å². The van der Waals surface area contributed by atoms with Crippen LogP contribution < -0.4 is 20.9 Å². The predicted molar refractivity (Wildman–Crippen MR) is 112 cm³/mol. The Morgan fingerprint density at radius 2 is 1.43 bits per heavy atom. The second-order valence-corrected chi connectivity index (χ2v) is 7.80. The lowest BCUT2D eigenvalue weighted by Crippen LogP contribution is -2.11. The van der Waals surface area contributed by atoms with Crippen molar-refractivity contribution in [2.45, 2.75) is 0 Å². The lowest BCUT2D eigenvalue weighted by molar-refractivity contribution is -0.112. The van der Waals surface area contributed by atoms with Gasteiger partial charge in [0.25, 0.3) is 0 Å². The lowest BCUT2D eigenvalue weighted by Gasteiger charge is -2.04. The van der Waals surface area contributed by atoms with Crippen molar-refractivity contribution in [1.29, 1.82) is 0 Å². The number of sulfone groups is 1. The van der Waals surface area contributed by atoms with Gasteiger partial charge in [-0.1, -0.05) is 18.2 Å². The number of ether oxygens (including phenoxy) is 2. The van der Waals surface area contributed by atoms with Crippen LogP contribution in [-0.4, -0.2) is 34.2 Å². The molecule has 0 aliphatic rings. The summed E-state index contributed by atoms with van der Waals surface area (Å²) in [4.78, 5) is 12.0. The SMILES string of the molecule is COc1ccc(C=CC(=O)CS(=O)(=O)C=Cc2ccc(OC)c(N)c2)cc1N. The second kappa shape index (κ2) is 9.09. The average molecular weight is 402 g/mol. The van der Waals surface area contributed by atoms with E-state index in [-0.39, 0.29) is 0 Å². The number of hydrogen-bond acceptors (Lipinski definition) is 7. The fourth-order valence-electron chi connectivity index (χ4n) is 2.38. The van der Waals surface area contributed by atoms with E-state index in [0.29, 0.717) is 34.0 Å². The molecule has 0 aliphatic heterocycles. The molecule has 148 valence electrons. The highest BCUT2D eigenvalue weighted by Gasteiger charge is 2.11. The number of anilines is 2. The number of hydrogen-bond donors (Lipinski definition) is 2. The number of methoxy groups -OCH3 is 2. The normalized spacial score (nSPS) is 11.8. The highest BCUT2D eigenvalue weighted by molar-refractivity contribution is 7.95. The van der Waals surface area contributed by atoms with E-state index in [1.807, 2.05) is 0 Å². The molecule has 2 aromatic rings. The summed E-state index contributed by atoms with van der Waals surface area (Å²) in [6, 6.07) is 9.89. The maximum atomic E-state index is 12.1. The zero-order valence-corrected chi connectivity index (χ0v) is 16.4. The van der Waals surface area contributed by atoms with E-state index < -0.39 is 21.4 Å². The number of carbonyl (C=O) groups excluding carboxylic acids is 1. The minimum atomic E-state index is -3.73. The molecule has 2 aromatic carbocycles. The highest BCUT2D eigenvalue weighted by atomic mass is 32.2. The van der Waals surface area contributed by atoms with Crippen LogP contribution >= 0.6 is 0 Å². The molecule has 0 aromatic heterocycles. The first kappa shape index (κ1) is 21.0. The molecule has 0 aliphatic carbocycles. The molecular weight excluding hydrogens is 380 g/mol. The van der Waals surface area contributed by atoms with Gasteiger partial charge in [-0.25, -0.2) is 8.42 Å². The molecule has 0 fully saturated rings. The smallest absolute Gasteiger partial charge is 0.179 e. The maximum Gasteiger partial charge on any atom is 0.179 e. The van der Waals surface area contributed by atoms with Gasteiger partial charge in [0.05, 0.1) is 25.6 Å². The molecule has 0 saturated carbocycles. The third-order valence-corrected chi connectivity index (χ3v) is 5.02. The van der Waals surface area contributed by atoms with Gasteiger partial charge in [0.1, 0.15) is 17.3 Å². The molecule has 4 N–H and O–H groups in total. The van der Waals surface area contributed by atoms with Crippen LogP contribution in [0, 0.1) is 0 Å². The minimum Gasteiger partial charge on any atom is -0.495 e. The summed E-state index contributed by atoms with van der Waals surface area (Å²) in [7, 11) is -0.734. The van der Waals surface area contributed by atoms with E-state index in [1.54, 1.807) is 36.4 Å². The molecule has 0 amide bonds. The van der Waals surface area contributed by atoms with Crippen LogP contribution in [0.1, 0.15) is 11.1 Å². The third kappa shape index (κ3) is 5.88. The molecule has 2 rings (SSSR count). The van der Waals surface area contributed by atoms with Gasteiger partial charge < -0.3 is 20.9 Å². The molecule has 0 heterocycles. The van der Waals surface area contributed by atoms with E-state index in [9.17, 15) is 13.2 Å². The first-order valence-corrected chi connectivity index (χ1v) is 9.94. The van der Waals surface area contributed by atoms with Gasteiger partial charge >= 0.3 is 0 Å². The van der Waals surface area contributed by atoms with Crippen LogP contribution in [0.4, 0.5) is 11.4 Å². The van der Waals surface area contributed by atoms with E-state index in [2.05, 4.69) is 0 Å². The van der Waals surface area contributed by atoms with Crippen molar-refractivity contribution in [3.63, 3.8) is 0 Å². The molecule has 0 atom stereocenters. The van der Waals surface area contributed by atoms with Crippen LogP contribution in [0.15, 0.2) is 47.9 Å². The summed E-state index contributed by atoms with van der Waals surface area (Å²) < 4.78 is 34.4. The average Bonchev–Trinajstić information content (AvgIpc) is 2.64. The number of ketones is 1. The maximum absolute atomic E-state index is 12.1. The van der Waals surface area contributed by atoms with E-state index in [4.69, 9.17) is 20.9 Å². The standard InChI is InChI=1S/C20H22N2O5S/c1-26-19-7-4-14(11-17(19)21)3-6-16(23)13-28(24,25)10-9-15-5-8-20(27-2)18(22)12-15/h3-12H,13,21-22H2,1-2H3. The molecule has 7 nitrogen and oxygen atoms in total. The Kier molecular flexibility index (Phi) is 6.84. The first-order valence-electron chi connectivity index (χ1n) is 8.23. The first-order chi connectivity index (χ1) is 13.2. The molecule has 0 radical (unpaired) electrons. The van der Waals surface area contributed by atoms with Gasteiger partial charge in [-0.05, 0) is 47.5 Å². The van der Waals surface area contributed by atoms with Crippen LogP contribution in [0.3, 0.4) is 0 Å². The van der Waals surface area contributed by atoms with Gasteiger partial charge in [-0.15, -0.1) is 0 Å². The number of nitrogen functional groups attached to an aromatic ring is 2. The van der Waals surface area contributed by atoms with Crippen LogP contribution in [0.2, 0.25) is 0 Å². The summed E-state index contributed by atoms with van der Waals surface area (Å²) in [5.41, 5.74) is 13.6. The summed E-state index contributed by atoms with van der Waals surface area (Å²) in [5, 5.41) is 0.991. The van der Waals surface area contributed by atoms with Gasteiger partial charge in [0, 0.05) is 5.41 Å². The van der Waals surface area contributed by atoms with Gasteiger partial charge in [-0.2, -0.15) is 0 Å². The fourth-order valence-corrected chi connectivity index (χ4v) is 3.33.